The van der Waals surface area contributed by atoms with Crippen LogP contribution in [0.3, 0.4) is 0 Å². The van der Waals surface area contributed by atoms with E-state index in [4.69, 9.17) is 0 Å². The number of likely N-dealkylation sites (N-methyl/N-ethyl adjacent to an activating group) is 1. The number of aryl methyl sites for hydroxylation is 2. The second-order valence-electron chi connectivity index (χ2n) is 9.80. The summed E-state index contributed by atoms with van der Waals surface area (Å²) in [5.41, 5.74) is 5.25. The van der Waals surface area contributed by atoms with Crippen LogP contribution < -0.4 is 10.6 Å². The summed E-state index contributed by atoms with van der Waals surface area (Å²) in [4.78, 5) is 25.6. The summed E-state index contributed by atoms with van der Waals surface area (Å²) in [6.45, 7) is 5.50. The van der Waals surface area contributed by atoms with Crippen molar-refractivity contribution in [1.82, 2.24) is 19.9 Å². The van der Waals surface area contributed by atoms with Gasteiger partial charge in [-0.2, -0.15) is 13.2 Å². The largest absolute Gasteiger partial charge is 0.416 e. The molecule has 0 spiro atoms. The number of alkyl halides is 3. The minimum absolute atomic E-state index is 0.237. The number of carbonyl (C=O) groups is 1. The van der Waals surface area contributed by atoms with Crippen LogP contribution in [-0.4, -0.2) is 46.4 Å². The standard InChI is InChI=1S/C17H15N5O.C13H16F3N/c1-12-4-5-14(20-11-23)9-16(12)22-17-19-8-6-15(21-17)13-3-2-7-18-10-13;1-9-5-11(10-3-4-17(2)8-10)7-12(6-9)13(14,15)16/h2-11H,1H3,(H,20,23)(H,19,21,22);5-7,10H,3-4,8H2,1-2H3. The molecule has 1 fully saturated rings. The van der Waals surface area contributed by atoms with Gasteiger partial charge in [-0.25, -0.2) is 9.97 Å². The third-order valence-electron chi connectivity index (χ3n) is 6.61. The minimum Gasteiger partial charge on any atom is -0.329 e. The molecule has 0 bridgehead atoms. The third-order valence-corrected chi connectivity index (χ3v) is 6.61. The number of likely N-dealkylation sites (tertiary alicyclic amines) is 1. The number of hydrogen-bond donors (Lipinski definition) is 2. The number of anilines is 3. The Balaban J connectivity index is 0.000000194. The van der Waals surface area contributed by atoms with E-state index in [0.717, 1.165) is 47.6 Å². The van der Waals surface area contributed by atoms with Crippen LogP contribution in [0.5, 0.6) is 0 Å². The summed E-state index contributed by atoms with van der Waals surface area (Å²) < 4.78 is 38.1. The van der Waals surface area contributed by atoms with E-state index in [-0.39, 0.29) is 5.92 Å². The van der Waals surface area contributed by atoms with E-state index in [1.54, 1.807) is 25.5 Å². The Labute approximate surface area is 231 Å². The van der Waals surface area contributed by atoms with Gasteiger partial charge in [0.25, 0.3) is 0 Å². The topological polar surface area (TPSA) is 83.0 Å². The maximum Gasteiger partial charge on any atom is 0.416 e. The minimum atomic E-state index is -4.24. The van der Waals surface area contributed by atoms with Crippen molar-refractivity contribution in [3.8, 4) is 11.3 Å². The molecule has 0 radical (unpaired) electrons. The zero-order valence-corrected chi connectivity index (χ0v) is 22.5. The maximum atomic E-state index is 12.7. The molecule has 2 aromatic carbocycles. The monoisotopic (exact) mass is 548 g/mol. The normalized spacial score (nSPS) is 15.2. The number of nitrogens with one attached hydrogen (secondary N) is 2. The first kappa shape index (κ1) is 28.7. The zero-order valence-electron chi connectivity index (χ0n) is 22.5. The molecule has 10 heteroatoms. The van der Waals surface area contributed by atoms with Crippen molar-refractivity contribution in [3.63, 3.8) is 0 Å². The molecule has 1 amide bonds. The highest BCUT2D eigenvalue weighted by Gasteiger charge is 2.32. The fourth-order valence-electron chi connectivity index (χ4n) is 4.55. The lowest BCUT2D eigenvalue weighted by Crippen LogP contribution is -2.14. The van der Waals surface area contributed by atoms with E-state index >= 15 is 0 Å². The number of benzene rings is 2. The van der Waals surface area contributed by atoms with Gasteiger partial charge in [0.05, 0.1) is 11.3 Å². The van der Waals surface area contributed by atoms with Crippen molar-refractivity contribution in [2.24, 2.45) is 0 Å². The number of halogens is 3. The lowest BCUT2D eigenvalue weighted by Gasteiger charge is -2.15. The van der Waals surface area contributed by atoms with Crippen LogP contribution in [0.1, 0.15) is 34.6 Å². The molecule has 40 heavy (non-hydrogen) atoms. The number of rotatable bonds is 6. The number of carbonyl (C=O) groups excluding carboxylic acids is 1. The fourth-order valence-corrected chi connectivity index (χ4v) is 4.55. The smallest absolute Gasteiger partial charge is 0.329 e. The molecule has 1 saturated heterocycles. The van der Waals surface area contributed by atoms with Gasteiger partial charge >= 0.3 is 6.18 Å². The highest BCUT2D eigenvalue weighted by Crippen LogP contribution is 2.34. The van der Waals surface area contributed by atoms with Gasteiger partial charge in [0, 0.05) is 42.1 Å². The lowest BCUT2D eigenvalue weighted by molar-refractivity contribution is -0.137. The fraction of sp³-hybridized carbons (Fsp3) is 0.267. The van der Waals surface area contributed by atoms with Crippen LogP contribution in [-0.2, 0) is 11.0 Å². The molecule has 0 saturated carbocycles. The molecule has 2 aromatic heterocycles. The van der Waals surface area contributed by atoms with Crippen molar-refractivity contribution in [2.75, 3.05) is 30.8 Å². The third kappa shape index (κ3) is 7.63. The van der Waals surface area contributed by atoms with Gasteiger partial charge in [0.2, 0.25) is 12.4 Å². The van der Waals surface area contributed by atoms with Gasteiger partial charge in [0.15, 0.2) is 0 Å². The highest BCUT2D eigenvalue weighted by atomic mass is 19.4. The van der Waals surface area contributed by atoms with E-state index in [0.29, 0.717) is 23.6 Å². The van der Waals surface area contributed by atoms with Crippen LogP contribution in [0.2, 0.25) is 0 Å². The van der Waals surface area contributed by atoms with Crippen LogP contribution in [0.15, 0.2) is 73.2 Å². The average Bonchev–Trinajstić information content (AvgIpc) is 3.37. The maximum absolute atomic E-state index is 12.7. The number of hydrogen-bond acceptors (Lipinski definition) is 6. The number of nitrogens with zero attached hydrogens (tertiary/aromatic N) is 4. The molecule has 0 aliphatic carbocycles. The lowest BCUT2D eigenvalue weighted by atomic mass is 9.94. The van der Waals surface area contributed by atoms with Crippen molar-refractivity contribution in [3.05, 3.63) is 95.4 Å². The molecule has 5 rings (SSSR count). The Morgan fingerprint density at radius 3 is 2.55 bits per heavy atom. The molecule has 1 unspecified atom stereocenters. The number of amides is 1. The van der Waals surface area contributed by atoms with Gasteiger partial charge < -0.3 is 15.5 Å². The van der Waals surface area contributed by atoms with Crippen LogP contribution in [0.25, 0.3) is 11.3 Å². The van der Waals surface area contributed by atoms with Crippen LogP contribution >= 0.6 is 0 Å². The first-order chi connectivity index (χ1) is 19.1. The highest BCUT2D eigenvalue weighted by molar-refractivity contribution is 5.75. The summed E-state index contributed by atoms with van der Waals surface area (Å²) in [6.07, 6.45) is 2.52. The van der Waals surface area contributed by atoms with Gasteiger partial charge in [0.1, 0.15) is 0 Å². The molecule has 1 atom stereocenters. The molecule has 2 N–H and O–H groups in total. The Bertz CT molecular complexity index is 1450. The van der Waals surface area contributed by atoms with E-state index in [1.165, 1.54) is 12.1 Å². The Hall–Kier alpha value is -4.31. The van der Waals surface area contributed by atoms with Crippen molar-refractivity contribution < 1.29 is 18.0 Å². The predicted octanol–water partition coefficient (Wildman–Crippen LogP) is 6.59. The molecular weight excluding hydrogens is 517 g/mol. The first-order valence-corrected chi connectivity index (χ1v) is 12.8. The quantitative estimate of drug-likeness (QED) is 0.265. The molecule has 1 aliphatic heterocycles. The first-order valence-electron chi connectivity index (χ1n) is 12.8. The Morgan fingerprint density at radius 1 is 1.05 bits per heavy atom. The molecular formula is C30H31F3N6O. The Morgan fingerprint density at radius 2 is 1.88 bits per heavy atom. The van der Waals surface area contributed by atoms with E-state index < -0.39 is 11.7 Å². The summed E-state index contributed by atoms with van der Waals surface area (Å²) in [5, 5.41) is 5.81. The average molecular weight is 549 g/mol. The van der Waals surface area contributed by atoms with Crippen molar-refractivity contribution >= 4 is 23.7 Å². The van der Waals surface area contributed by atoms with Crippen molar-refractivity contribution in [1.29, 1.82) is 0 Å². The van der Waals surface area contributed by atoms with Gasteiger partial charge in [-0.3, -0.25) is 9.78 Å². The molecule has 3 heterocycles. The zero-order chi connectivity index (χ0) is 28.7. The summed E-state index contributed by atoms with van der Waals surface area (Å²) in [7, 11) is 2.00. The van der Waals surface area contributed by atoms with Crippen LogP contribution in [0, 0.1) is 13.8 Å². The Kier molecular flexibility index (Phi) is 9.11. The number of pyridine rings is 1. The van der Waals surface area contributed by atoms with Gasteiger partial charge in [-0.05, 0) is 93.4 Å². The predicted molar refractivity (Wildman–Crippen MR) is 150 cm³/mol. The molecule has 7 nitrogen and oxygen atoms in total. The molecule has 208 valence electrons. The molecule has 1 aliphatic rings. The van der Waals surface area contributed by atoms with E-state index in [9.17, 15) is 18.0 Å². The van der Waals surface area contributed by atoms with Crippen LogP contribution in [0.4, 0.5) is 30.5 Å². The van der Waals surface area contributed by atoms with E-state index in [2.05, 4.69) is 30.5 Å². The molecule has 4 aromatic rings. The second kappa shape index (κ2) is 12.7. The summed E-state index contributed by atoms with van der Waals surface area (Å²) in [5.74, 6) is 0.721. The summed E-state index contributed by atoms with van der Waals surface area (Å²) >= 11 is 0. The summed E-state index contributed by atoms with van der Waals surface area (Å²) in [6, 6.07) is 15.6. The second-order valence-corrected chi connectivity index (χ2v) is 9.80. The van der Waals surface area contributed by atoms with Gasteiger partial charge in [-0.1, -0.05) is 17.7 Å². The van der Waals surface area contributed by atoms with Gasteiger partial charge in [-0.15, -0.1) is 0 Å². The SMILES string of the molecule is Cc1cc(C2CCN(C)C2)cc(C(F)(F)F)c1.Cc1ccc(NC=O)cc1Nc1nccc(-c2cccnc2)n1. The van der Waals surface area contributed by atoms with E-state index in [1.807, 2.05) is 56.4 Å². The van der Waals surface area contributed by atoms with Crippen molar-refractivity contribution in [2.45, 2.75) is 32.4 Å². The number of aromatic nitrogens is 3.